The summed E-state index contributed by atoms with van der Waals surface area (Å²) in [7, 11) is 0. The average molecular weight is 578 g/mol. The number of aliphatic carboxylic acids is 1. The lowest BCUT2D eigenvalue weighted by Crippen LogP contribution is -2.37. The van der Waals surface area contributed by atoms with E-state index in [9.17, 15) is 9.90 Å². The standard InChI is InChI=1S/C29H28ClN5O4S/c30-23-17-21(6-7-26(23)40-27-4-1-2-9-31-27)34-29-22-16-20(5-8-28(36)37)25(18-24(22)32-19-33-29)39-13-3-10-35-11-14-38-15-12-35/h1-2,4-9,16-19H,3,10-15H2,(H,36,37)(H,32,33,34). The first-order valence-corrected chi connectivity index (χ1v) is 14.0. The maximum Gasteiger partial charge on any atom is 0.328 e. The average Bonchev–Trinajstić information content (AvgIpc) is 2.97. The SMILES string of the molecule is O=C(O)C=Cc1cc2c(Nc3ccc(Sc4ccccn4)c(Cl)c3)ncnc2cc1OCCCN1CCOCC1. The van der Waals surface area contributed by atoms with Gasteiger partial charge in [-0.2, -0.15) is 0 Å². The Morgan fingerprint density at radius 3 is 2.80 bits per heavy atom. The van der Waals surface area contributed by atoms with Gasteiger partial charge < -0.3 is 19.9 Å². The van der Waals surface area contributed by atoms with Gasteiger partial charge in [0.25, 0.3) is 0 Å². The first-order chi connectivity index (χ1) is 19.5. The number of nitrogens with one attached hydrogen (secondary N) is 1. The number of carboxylic acid groups (broad SMARTS) is 1. The van der Waals surface area contributed by atoms with E-state index in [0.717, 1.165) is 66.3 Å². The molecule has 1 saturated heterocycles. The molecule has 0 unspecified atom stereocenters. The zero-order valence-corrected chi connectivity index (χ0v) is 23.2. The van der Waals surface area contributed by atoms with Crippen molar-refractivity contribution in [3.8, 4) is 5.75 Å². The van der Waals surface area contributed by atoms with Gasteiger partial charge in [0.05, 0.1) is 30.4 Å². The quantitative estimate of drug-likeness (QED) is 0.168. The van der Waals surface area contributed by atoms with E-state index in [1.165, 1.54) is 24.2 Å². The van der Waals surface area contributed by atoms with E-state index < -0.39 is 5.97 Å². The molecule has 1 aliphatic heterocycles. The molecule has 206 valence electrons. The second-order valence-electron chi connectivity index (χ2n) is 9.00. The number of benzene rings is 2. The highest BCUT2D eigenvalue weighted by Gasteiger charge is 2.13. The topological polar surface area (TPSA) is 110 Å². The Labute approximate surface area is 241 Å². The Morgan fingerprint density at radius 2 is 2.02 bits per heavy atom. The van der Waals surface area contributed by atoms with E-state index in [4.69, 9.17) is 21.1 Å². The van der Waals surface area contributed by atoms with Crippen molar-refractivity contribution >= 4 is 57.8 Å². The van der Waals surface area contributed by atoms with Crippen molar-refractivity contribution in [3.63, 3.8) is 0 Å². The number of halogens is 1. The molecule has 0 spiro atoms. The Kier molecular flexibility index (Phi) is 9.46. The van der Waals surface area contributed by atoms with Crippen LogP contribution in [0.25, 0.3) is 17.0 Å². The summed E-state index contributed by atoms with van der Waals surface area (Å²) >= 11 is 8.06. The maximum atomic E-state index is 11.3. The predicted molar refractivity (Wildman–Crippen MR) is 157 cm³/mol. The molecule has 2 N–H and O–H groups in total. The number of aromatic nitrogens is 3. The van der Waals surface area contributed by atoms with Crippen molar-refractivity contribution < 1.29 is 19.4 Å². The molecule has 0 aliphatic carbocycles. The molecule has 11 heteroatoms. The summed E-state index contributed by atoms with van der Waals surface area (Å²) in [6.07, 6.45) is 6.68. The number of carboxylic acids is 1. The second-order valence-corrected chi connectivity index (χ2v) is 10.5. The van der Waals surface area contributed by atoms with Gasteiger partial charge >= 0.3 is 5.97 Å². The summed E-state index contributed by atoms with van der Waals surface area (Å²) in [5.74, 6) is 0.0879. The minimum atomic E-state index is -1.04. The van der Waals surface area contributed by atoms with Crippen LogP contribution in [0.1, 0.15) is 12.0 Å². The number of hydrogen-bond donors (Lipinski definition) is 2. The van der Waals surface area contributed by atoms with Gasteiger partial charge in [-0.25, -0.2) is 19.7 Å². The molecule has 4 aromatic rings. The van der Waals surface area contributed by atoms with Crippen LogP contribution in [-0.2, 0) is 9.53 Å². The first kappa shape index (κ1) is 27.9. The smallest absolute Gasteiger partial charge is 0.328 e. The van der Waals surface area contributed by atoms with Gasteiger partial charge in [0.1, 0.15) is 22.9 Å². The lowest BCUT2D eigenvalue weighted by atomic mass is 10.1. The molecule has 2 aromatic heterocycles. The van der Waals surface area contributed by atoms with E-state index in [1.807, 2.05) is 48.5 Å². The molecule has 3 heterocycles. The van der Waals surface area contributed by atoms with Crippen molar-refractivity contribution in [2.45, 2.75) is 16.3 Å². The largest absolute Gasteiger partial charge is 0.493 e. The Bertz CT molecular complexity index is 1500. The third-order valence-electron chi connectivity index (χ3n) is 6.20. The summed E-state index contributed by atoms with van der Waals surface area (Å²) in [5.41, 5.74) is 2.04. The summed E-state index contributed by atoms with van der Waals surface area (Å²) in [6, 6.07) is 15.1. The van der Waals surface area contributed by atoms with Crippen LogP contribution in [0.2, 0.25) is 5.02 Å². The minimum Gasteiger partial charge on any atom is -0.493 e. The minimum absolute atomic E-state index is 0.494. The van der Waals surface area contributed by atoms with Crippen LogP contribution < -0.4 is 10.1 Å². The second kappa shape index (κ2) is 13.6. The number of anilines is 2. The van der Waals surface area contributed by atoms with Crippen LogP contribution in [0.5, 0.6) is 5.75 Å². The molecular weight excluding hydrogens is 550 g/mol. The van der Waals surface area contributed by atoms with Gasteiger partial charge in [-0.1, -0.05) is 29.4 Å². The number of nitrogens with zero attached hydrogens (tertiary/aromatic N) is 4. The predicted octanol–water partition coefficient (Wildman–Crippen LogP) is 5.77. The van der Waals surface area contributed by atoms with Gasteiger partial charge in [0.2, 0.25) is 0 Å². The molecule has 1 fully saturated rings. The normalized spacial score (nSPS) is 14.0. The highest BCUT2D eigenvalue weighted by atomic mass is 35.5. The fourth-order valence-corrected chi connectivity index (χ4v) is 5.30. The fraction of sp³-hybridized carbons (Fsp3) is 0.241. The van der Waals surface area contributed by atoms with E-state index >= 15 is 0 Å². The molecule has 0 amide bonds. The Balaban J connectivity index is 1.35. The van der Waals surface area contributed by atoms with Crippen LogP contribution in [0.4, 0.5) is 11.5 Å². The van der Waals surface area contributed by atoms with Crippen LogP contribution >= 0.6 is 23.4 Å². The number of pyridine rings is 1. The highest BCUT2D eigenvalue weighted by molar-refractivity contribution is 7.99. The molecule has 1 aliphatic rings. The van der Waals surface area contributed by atoms with Crippen LogP contribution in [0.15, 0.2) is 77.1 Å². The molecule has 40 heavy (non-hydrogen) atoms. The van der Waals surface area contributed by atoms with Gasteiger partial charge in [-0.15, -0.1) is 0 Å². The summed E-state index contributed by atoms with van der Waals surface area (Å²) in [6.45, 7) is 4.76. The summed E-state index contributed by atoms with van der Waals surface area (Å²) < 4.78 is 11.5. The Hall–Kier alpha value is -3.70. The number of carbonyl (C=O) groups is 1. The molecule has 5 rings (SSSR count). The van der Waals surface area contributed by atoms with E-state index in [1.54, 1.807) is 6.20 Å². The number of rotatable bonds is 11. The molecular formula is C29H28ClN5O4S. The van der Waals surface area contributed by atoms with Gasteiger partial charge in [-0.05, 0) is 48.9 Å². The number of hydrogen-bond acceptors (Lipinski definition) is 9. The number of ether oxygens (including phenoxy) is 2. The van der Waals surface area contributed by atoms with Crippen LogP contribution in [-0.4, -0.2) is 70.4 Å². The third kappa shape index (κ3) is 7.48. The van der Waals surface area contributed by atoms with Crippen molar-refractivity contribution in [1.29, 1.82) is 0 Å². The molecule has 9 nitrogen and oxygen atoms in total. The molecule has 0 radical (unpaired) electrons. The maximum absolute atomic E-state index is 11.3. The highest BCUT2D eigenvalue weighted by Crippen LogP contribution is 2.35. The Morgan fingerprint density at radius 1 is 1.15 bits per heavy atom. The first-order valence-electron chi connectivity index (χ1n) is 12.8. The molecule has 2 aromatic carbocycles. The van der Waals surface area contributed by atoms with Gasteiger partial charge in [-0.3, -0.25) is 4.90 Å². The molecule has 0 saturated carbocycles. The van der Waals surface area contributed by atoms with Crippen molar-refractivity contribution in [1.82, 2.24) is 19.9 Å². The fourth-order valence-electron chi connectivity index (χ4n) is 4.23. The number of fused-ring (bicyclic) bond motifs is 1. The van der Waals surface area contributed by atoms with Gasteiger partial charge in [0.15, 0.2) is 0 Å². The zero-order valence-electron chi connectivity index (χ0n) is 21.6. The lowest BCUT2D eigenvalue weighted by molar-refractivity contribution is -0.131. The molecule has 0 bridgehead atoms. The lowest BCUT2D eigenvalue weighted by Gasteiger charge is -2.26. The summed E-state index contributed by atoms with van der Waals surface area (Å²) in [5, 5.41) is 14.7. The van der Waals surface area contributed by atoms with Crippen molar-refractivity contribution in [3.05, 3.63) is 77.7 Å². The van der Waals surface area contributed by atoms with E-state index in [0.29, 0.717) is 34.3 Å². The van der Waals surface area contributed by atoms with E-state index in [2.05, 4.69) is 25.2 Å². The van der Waals surface area contributed by atoms with Crippen molar-refractivity contribution in [2.24, 2.45) is 0 Å². The van der Waals surface area contributed by atoms with E-state index in [-0.39, 0.29) is 0 Å². The zero-order chi connectivity index (χ0) is 27.7. The van der Waals surface area contributed by atoms with Crippen LogP contribution in [0, 0.1) is 0 Å². The monoisotopic (exact) mass is 577 g/mol. The van der Waals surface area contributed by atoms with Crippen LogP contribution in [0.3, 0.4) is 0 Å². The van der Waals surface area contributed by atoms with Gasteiger partial charge in [0, 0.05) is 59.5 Å². The summed E-state index contributed by atoms with van der Waals surface area (Å²) in [4.78, 5) is 27.7. The molecule has 0 atom stereocenters. The van der Waals surface area contributed by atoms with Crippen molar-refractivity contribution in [2.75, 3.05) is 44.8 Å². The third-order valence-corrected chi connectivity index (χ3v) is 7.65. The number of morpholine rings is 1.